The minimum atomic E-state index is 0.498. The number of fused-ring (bicyclic) bond motifs is 4. The summed E-state index contributed by atoms with van der Waals surface area (Å²) in [4.78, 5) is 15.8. The van der Waals surface area contributed by atoms with Gasteiger partial charge in [0.1, 0.15) is 5.82 Å². The number of hydrogen-bond donors (Lipinski definition) is 0. The molecule has 20 heavy (non-hydrogen) atoms. The van der Waals surface area contributed by atoms with Crippen LogP contribution in [0.2, 0.25) is 0 Å². The highest BCUT2D eigenvalue weighted by Gasteiger charge is 2.40. The lowest BCUT2D eigenvalue weighted by Crippen LogP contribution is -2.37. The molecule has 0 aromatic carbocycles. The molecule has 0 aliphatic carbocycles. The third-order valence-corrected chi connectivity index (χ3v) is 4.57. The second kappa shape index (κ2) is 4.63. The molecule has 4 nitrogen and oxygen atoms in total. The van der Waals surface area contributed by atoms with Crippen molar-refractivity contribution in [2.75, 3.05) is 0 Å². The van der Waals surface area contributed by atoms with E-state index in [0.29, 0.717) is 12.1 Å². The Morgan fingerprint density at radius 1 is 1.25 bits per heavy atom. The van der Waals surface area contributed by atoms with Crippen LogP contribution < -0.4 is 0 Å². The molecule has 2 bridgehead atoms. The van der Waals surface area contributed by atoms with E-state index in [9.17, 15) is 0 Å². The Hall–Kier alpha value is -1.81. The van der Waals surface area contributed by atoms with Crippen LogP contribution in [0.25, 0.3) is 0 Å². The third-order valence-electron chi connectivity index (χ3n) is 4.57. The Labute approximate surface area is 118 Å². The molecule has 4 heterocycles. The molecule has 0 spiro atoms. The van der Waals surface area contributed by atoms with Gasteiger partial charge in [0.15, 0.2) is 0 Å². The summed E-state index contributed by atoms with van der Waals surface area (Å²) in [5.74, 6) is 0.894. The molecule has 1 saturated heterocycles. The van der Waals surface area contributed by atoms with Crippen molar-refractivity contribution in [1.82, 2.24) is 19.9 Å². The largest absolute Gasteiger partial charge is 0.289 e. The molecule has 1 fully saturated rings. The van der Waals surface area contributed by atoms with E-state index in [1.165, 1.54) is 29.7 Å². The molecule has 0 amide bonds. The van der Waals surface area contributed by atoms with Gasteiger partial charge in [0.25, 0.3) is 0 Å². The summed E-state index contributed by atoms with van der Waals surface area (Å²) in [6.45, 7) is 2.98. The van der Waals surface area contributed by atoms with Crippen molar-refractivity contribution in [3.8, 4) is 0 Å². The van der Waals surface area contributed by atoms with Gasteiger partial charge in [-0.2, -0.15) is 0 Å². The highest BCUT2D eigenvalue weighted by molar-refractivity contribution is 5.29. The molecule has 2 atom stereocenters. The van der Waals surface area contributed by atoms with Gasteiger partial charge in [-0.1, -0.05) is 0 Å². The van der Waals surface area contributed by atoms with Crippen LogP contribution in [0.1, 0.15) is 41.5 Å². The van der Waals surface area contributed by atoms with E-state index in [2.05, 4.69) is 32.0 Å². The van der Waals surface area contributed by atoms with E-state index >= 15 is 0 Å². The Kier molecular flexibility index (Phi) is 2.77. The highest BCUT2D eigenvalue weighted by Crippen LogP contribution is 2.43. The first-order valence-corrected chi connectivity index (χ1v) is 7.28. The first-order valence-electron chi connectivity index (χ1n) is 7.28. The fraction of sp³-hybridized carbons (Fsp3) is 0.438. The molecule has 2 aromatic rings. The van der Waals surface area contributed by atoms with Crippen molar-refractivity contribution in [2.45, 2.75) is 44.8 Å². The van der Waals surface area contributed by atoms with Gasteiger partial charge in [-0.3, -0.25) is 9.88 Å². The van der Waals surface area contributed by atoms with Crippen molar-refractivity contribution in [1.29, 1.82) is 0 Å². The zero-order valence-electron chi connectivity index (χ0n) is 11.7. The van der Waals surface area contributed by atoms with Gasteiger partial charge in [0, 0.05) is 49.2 Å². The maximum atomic E-state index is 4.65. The van der Waals surface area contributed by atoms with Crippen molar-refractivity contribution >= 4 is 0 Å². The van der Waals surface area contributed by atoms with Gasteiger partial charge in [0.05, 0.1) is 5.69 Å². The Morgan fingerprint density at radius 3 is 2.95 bits per heavy atom. The summed E-state index contributed by atoms with van der Waals surface area (Å²) in [7, 11) is 0. The van der Waals surface area contributed by atoms with E-state index < -0.39 is 0 Å². The number of nitrogens with zero attached hydrogens (tertiary/aromatic N) is 4. The maximum absolute atomic E-state index is 4.65. The number of rotatable bonds is 2. The van der Waals surface area contributed by atoms with Crippen LogP contribution in [0.15, 0.2) is 30.7 Å². The van der Waals surface area contributed by atoms with E-state index in [1.54, 1.807) is 0 Å². The number of hydrogen-bond acceptors (Lipinski definition) is 4. The quantitative estimate of drug-likeness (QED) is 0.837. The first kappa shape index (κ1) is 12.0. The molecule has 102 valence electrons. The van der Waals surface area contributed by atoms with Crippen LogP contribution in [0.5, 0.6) is 0 Å². The second-order valence-corrected chi connectivity index (χ2v) is 5.80. The van der Waals surface area contributed by atoms with Gasteiger partial charge in [-0.05, 0) is 37.5 Å². The summed E-state index contributed by atoms with van der Waals surface area (Å²) < 4.78 is 0. The predicted molar refractivity (Wildman–Crippen MR) is 76.0 cm³/mol. The molecule has 2 aromatic heterocycles. The molecule has 2 aliphatic heterocycles. The van der Waals surface area contributed by atoms with Crippen molar-refractivity contribution in [2.24, 2.45) is 0 Å². The summed E-state index contributed by atoms with van der Waals surface area (Å²) in [6, 6.07) is 5.36. The lowest BCUT2D eigenvalue weighted by atomic mass is 9.98. The summed E-state index contributed by atoms with van der Waals surface area (Å²) in [6.07, 6.45) is 9.37. The minimum Gasteiger partial charge on any atom is -0.289 e. The van der Waals surface area contributed by atoms with Crippen LogP contribution in [0, 0.1) is 6.92 Å². The van der Waals surface area contributed by atoms with Gasteiger partial charge < -0.3 is 0 Å². The van der Waals surface area contributed by atoms with Crippen LogP contribution in [0.3, 0.4) is 0 Å². The first-order chi connectivity index (χ1) is 9.81. The Bertz CT molecular complexity index is 626. The molecule has 4 rings (SSSR count). The second-order valence-electron chi connectivity index (χ2n) is 5.80. The number of aryl methyl sites for hydroxylation is 1. The van der Waals surface area contributed by atoms with Gasteiger partial charge in [-0.25, -0.2) is 9.97 Å². The van der Waals surface area contributed by atoms with E-state index in [-0.39, 0.29) is 0 Å². The smallest absolute Gasteiger partial charge is 0.125 e. The monoisotopic (exact) mass is 266 g/mol. The van der Waals surface area contributed by atoms with Crippen molar-refractivity contribution in [3.05, 3.63) is 53.4 Å². The van der Waals surface area contributed by atoms with E-state index in [0.717, 1.165) is 18.8 Å². The van der Waals surface area contributed by atoms with Gasteiger partial charge >= 0.3 is 0 Å². The SMILES string of the molecule is Cc1ncc2c(n1)C[C@@H]1CC[C@@H]2N1Cc1ccncc1. The fourth-order valence-electron chi connectivity index (χ4n) is 3.62. The molecular formula is C16H18N4. The van der Waals surface area contributed by atoms with Gasteiger partial charge in [-0.15, -0.1) is 0 Å². The highest BCUT2D eigenvalue weighted by atomic mass is 15.2. The lowest BCUT2D eigenvalue weighted by Gasteiger charge is -2.35. The van der Waals surface area contributed by atoms with Crippen LogP contribution in [-0.4, -0.2) is 25.9 Å². The molecule has 0 radical (unpaired) electrons. The zero-order chi connectivity index (χ0) is 13.5. The molecule has 4 heteroatoms. The zero-order valence-corrected chi connectivity index (χ0v) is 11.7. The molecule has 0 saturated carbocycles. The van der Waals surface area contributed by atoms with Crippen molar-refractivity contribution < 1.29 is 0 Å². The summed E-state index contributed by atoms with van der Waals surface area (Å²) in [5.41, 5.74) is 3.96. The average molecular weight is 266 g/mol. The minimum absolute atomic E-state index is 0.498. The molecule has 0 unspecified atom stereocenters. The molecule has 0 N–H and O–H groups in total. The standard InChI is InChI=1S/C16H18N4/c1-11-18-9-14-15(19-11)8-13-2-3-16(14)20(13)10-12-4-6-17-7-5-12/h4-7,9,13,16H,2-3,8,10H2,1H3/t13-,16-/m0/s1. The molecular weight excluding hydrogens is 248 g/mol. The van der Waals surface area contributed by atoms with Crippen molar-refractivity contribution in [3.63, 3.8) is 0 Å². The average Bonchev–Trinajstić information content (AvgIpc) is 2.74. The maximum Gasteiger partial charge on any atom is 0.125 e. The fourth-order valence-corrected chi connectivity index (χ4v) is 3.62. The van der Waals surface area contributed by atoms with E-state index in [1.807, 2.05) is 25.5 Å². The lowest BCUT2D eigenvalue weighted by molar-refractivity contribution is 0.166. The normalized spacial score (nSPS) is 24.6. The van der Waals surface area contributed by atoms with E-state index in [4.69, 9.17) is 0 Å². The van der Waals surface area contributed by atoms with Gasteiger partial charge in [0.2, 0.25) is 0 Å². The summed E-state index contributed by atoms with van der Waals surface area (Å²) in [5, 5.41) is 0. The topological polar surface area (TPSA) is 41.9 Å². The van der Waals surface area contributed by atoms with Crippen LogP contribution in [0.4, 0.5) is 0 Å². The Balaban J connectivity index is 1.66. The Morgan fingerprint density at radius 2 is 2.10 bits per heavy atom. The van der Waals surface area contributed by atoms with Crippen LogP contribution in [-0.2, 0) is 13.0 Å². The number of aromatic nitrogens is 3. The predicted octanol–water partition coefficient (Wildman–Crippen LogP) is 2.44. The number of pyridine rings is 1. The third kappa shape index (κ3) is 1.91. The molecule has 2 aliphatic rings. The summed E-state index contributed by atoms with van der Waals surface area (Å²) >= 11 is 0. The van der Waals surface area contributed by atoms with Crippen LogP contribution >= 0.6 is 0 Å².